The summed E-state index contributed by atoms with van der Waals surface area (Å²) in [6, 6.07) is 9.68. The van der Waals surface area contributed by atoms with Crippen LogP contribution >= 0.6 is 0 Å². The highest BCUT2D eigenvalue weighted by Gasteiger charge is 2.18. The second-order valence-electron chi connectivity index (χ2n) is 4.63. The molecule has 2 atom stereocenters. The Morgan fingerprint density at radius 3 is 2.64 bits per heavy atom. The normalized spacial score (nSPS) is 13.5. The maximum absolute atomic E-state index is 11.2. The highest BCUT2D eigenvalue weighted by molar-refractivity contribution is 5.81. The molecule has 0 aliphatic rings. The Hall–Kier alpha value is -2.14. The van der Waals surface area contributed by atoms with Crippen molar-refractivity contribution >= 4 is 12.3 Å². The second kappa shape index (κ2) is 10.6. The number of rotatable bonds is 10. The SMILES string of the molecule is CCOC(=O)/C=C/O[C@H](C)[C@H](CC=O)OCc1ccccc1. The highest BCUT2D eigenvalue weighted by atomic mass is 16.5. The Labute approximate surface area is 130 Å². The summed E-state index contributed by atoms with van der Waals surface area (Å²) in [7, 11) is 0. The quantitative estimate of drug-likeness (QED) is 0.288. The summed E-state index contributed by atoms with van der Waals surface area (Å²) in [5, 5.41) is 0. The molecule has 0 heterocycles. The highest BCUT2D eigenvalue weighted by Crippen LogP contribution is 2.11. The molecule has 1 aromatic rings. The van der Waals surface area contributed by atoms with Crippen LogP contribution in [0.2, 0.25) is 0 Å². The fourth-order valence-corrected chi connectivity index (χ4v) is 1.76. The van der Waals surface area contributed by atoms with Gasteiger partial charge in [-0.1, -0.05) is 30.3 Å². The average molecular weight is 306 g/mol. The van der Waals surface area contributed by atoms with Crippen molar-refractivity contribution in [3.8, 4) is 0 Å². The molecule has 0 bridgehead atoms. The lowest BCUT2D eigenvalue weighted by Crippen LogP contribution is -2.28. The third kappa shape index (κ3) is 7.04. The molecule has 0 saturated heterocycles. The van der Waals surface area contributed by atoms with Crippen LogP contribution in [-0.4, -0.2) is 31.1 Å². The summed E-state index contributed by atoms with van der Waals surface area (Å²) in [4.78, 5) is 21.9. The summed E-state index contributed by atoms with van der Waals surface area (Å²) < 4.78 is 15.9. The van der Waals surface area contributed by atoms with Gasteiger partial charge in [0, 0.05) is 6.42 Å². The largest absolute Gasteiger partial charge is 0.495 e. The Morgan fingerprint density at radius 1 is 1.27 bits per heavy atom. The van der Waals surface area contributed by atoms with E-state index in [1.807, 2.05) is 30.3 Å². The third-order valence-corrected chi connectivity index (χ3v) is 2.94. The Bertz CT molecular complexity index is 469. The van der Waals surface area contributed by atoms with E-state index in [1.165, 1.54) is 12.3 Å². The zero-order valence-corrected chi connectivity index (χ0v) is 12.9. The van der Waals surface area contributed by atoms with Crippen molar-refractivity contribution in [2.75, 3.05) is 6.61 Å². The van der Waals surface area contributed by atoms with Crippen LogP contribution in [0.1, 0.15) is 25.8 Å². The van der Waals surface area contributed by atoms with Crippen molar-refractivity contribution in [3.05, 3.63) is 48.2 Å². The van der Waals surface area contributed by atoms with Crippen LogP contribution in [0.4, 0.5) is 0 Å². The minimum absolute atomic E-state index is 0.223. The molecule has 120 valence electrons. The summed E-state index contributed by atoms with van der Waals surface area (Å²) in [5.74, 6) is -0.466. The first kappa shape index (κ1) is 17.9. The van der Waals surface area contributed by atoms with E-state index >= 15 is 0 Å². The van der Waals surface area contributed by atoms with Crippen molar-refractivity contribution in [2.24, 2.45) is 0 Å². The molecular formula is C17H22O5. The number of ether oxygens (including phenoxy) is 3. The molecule has 0 aliphatic heterocycles. The number of hydrogen-bond acceptors (Lipinski definition) is 5. The van der Waals surface area contributed by atoms with Gasteiger partial charge in [-0.15, -0.1) is 0 Å². The van der Waals surface area contributed by atoms with Crippen LogP contribution in [0.25, 0.3) is 0 Å². The smallest absolute Gasteiger partial charge is 0.333 e. The van der Waals surface area contributed by atoms with Gasteiger partial charge in [0.15, 0.2) is 0 Å². The van der Waals surface area contributed by atoms with Crippen molar-refractivity contribution in [3.63, 3.8) is 0 Å². The fraction of sp³-hybridized carbons (Fsp3) is 0.412. The maximum atomic E-state index is 11.2. The van der Waals surface area contributed by atoms with Gasteiger partial charge in [-0.2, -0.15) is 0 Å². The van der Waals surface area contributed by atoms with Gasteiger partial charge in [0.05, 0.1) is 25.6 Å². The van der Waals surface area contributed by atoms with Crippen molar-refractivity contribution in [1.29, 1.82) is 0 Å². The molecule has 1 rings (SSSR count). The van der Waals surface area contributed by atoms with Crippen LogP contribution < -0.4 is 0 Å². The van der Waals surface area contributed by atoms with Crippen LogP contribution in [-0.2, 0) is 30.4 Å². The monoisotopic (exact) mass is 306 g/mol. The summed E-state index contributed by atoms with van der Waals surface area (Å²) in [6.07, 6.45) is 2.75. The predicted molar refractivity (Wildman–Crippen MR) is 82.0 cm³/mol. The van der Waals surface area contributed by atoms with E-state index in [0.29, 0.717) is 13.2 Å². The van der Waals surface area contributed by atoms with E-state index in [2.05, 4.69) is 0 Å². The molecule has 1 aromatic carbocycles. The third-order valence-electron chi connectivity index (χ3n) is 2.94. The van der Waals surface area contributed by atoms with Crippen LogP contribution in [0, 0.1) is 0 Å². The lowest BCUT2D eigenvalue weighted by Gasteiger charge is -2.22. The molecule has 0 aromatic heterocycles. The standard InChI is InChI=1S/C17H22O5/c1-3-20-17(19)10-12-21-14(2)16(9-11-18)22-13-15-7-5-4-6-8-15/h4-8,10-12,14,16H,3,9,13H2,1-2H3/b12-10+/t14-,16+/m1/s1. The van der Waals surface area contributed by atoms with E-state index < -0.39 is 5.97 Å². The number of esters is 1. The summed E-state index contributed by atoms with van der Waals surface area (Å²) in [6.45, 7) is 4.22. The second-order valence-corrected chi connectivity index (χ2v) is 4.63. The molecule has 0 amide bonds. The molecule has 22 heavy (non-hydrogen) atoms. The minimum Gasteiger partial charge on any atom is -0.495 e. The Balaban J connectivity index is 2.47. The van der Waals surface area contributed by atoms with Gasteiger partial charge >= 0.3 is 5.97 Å². The van der Waals surface area contributed by atoms with E-state index in [4.69, 9.17) is 14.2 Å². The first-order chi connectivity index (χ1) is 10.7. The van der Waals surface area contributed by atoms with Gasteiger partial charge in [0.2, 0.25) is 0 Å². The lowest BCUT2D eigenvalue weighted by atomic mass is 10.1. The van der Waals surface area contributed by atoms with Gasteiger partial charge in [0.25, 0.3) is 0 Å². The van der Waals surface area contributed by atoms with E-state index in [0.717, 1.165) is 11.8 Å². The topological polar surface area (TPSA) is 61.8 Å². The molecule has 0 unspecified atom stereocenters. The lowest BCUT2D eigenvalue weighted by molar-refractivity contribution is -0.137. The molecule has 0 saturated carbocycles. The Kier molecular flexibility index (Phi) is 8.60. The van der Waals surface area contributed by atoms with E-state index in [9.17, 15) is 9.59 Å². The van der Waals surface area contributed by atoms with E-state index in [-0.39, 0.29) is 18.6 Å². The van der Waals surface area contributed by atoms with Crippen molar-refractivity contribution in [1.82, 2.24) is 0 Å². The minimum atomic E-state index is -0.466. The van der Waals surface area contributed by atoms with Gasteiger partial charge in [-0.3, -0.25) is 0 Å². The average Bonchev–Trinajstić information content (AvgIpc) is 2.52. The van der Waals surface area contributed by atoms with Crippen LogP contribution in [0.3, 0.4) is 0 Å². The van der Waals surface area contributed by atoms with E-state index in [1.54, 1.807) is 13.8 Å². The molecule has 0 N–H and O–H groups in total. The van der Waals surface area contributed by atoms with Gasteiger partial charge in [-0.25, -0.2) is 4.79 Å². The van der Waals surface area contributed by atoms with Gasteiger partial charge in [-0.05, 0) is 19.4 Å². The summed E-state index contributed by atoms with van der Waals surface area (Å²) >= 11 is 0. The number of hydrogen-bond donors (Lipinski definition) is 0. The van der Waals surface area contributed by atoms with Crippen LogP contribution in [0.5, 0.6) is 0 Å². The van der Waals surface area contributed by atoms with Crippen molar-refractivity contribution < 1.29 is 23.8 Å². The number of benzene rings is 1. The maximum Gasteiger partial charge on any atom is 0.333 e. The van der Waals surface area contributed by atoms with Crippen molar-refractivity contribution in [2.45, 2.75) is 39.1 Å². The molecule has 0 spiro atoms. The molecule has 5 nitrogen and oxygen atoms in total. The number of aldehydes is 1. The molecular weight excluding hydrogens is 284 g/mol. The number of carbonyl (C=O) groups is 2. The zero-order chi connectivity index (χ0) is 16.2. The molecule has 0 fully saturated rings. The number of carbonyl (C=O) groups excluding carboxylic acids is 2. The van der Waals surface area contributed by atoms with Gasteiger partial charge < -0.3 is 19.0 Å². The fourth-order valence-electron chi connectivity index (χ4n) is 1.76. The van der Waals surface area contributed by atoms with Crippen LogP contribution in [0.15, 0.2) is 42.7 Å². The molecule has 0 aliphatic carbocycles. The molecule has 5 heteroatoms. The summed E-state index contributed by atoms with van der Waals surface area (Å²) in [5.41, 5.74) is 1.02. The first-order valence-corrected chi connectivity index (χ1v) is 7.25. The first-order valence-electron chi connectivity index (χ1n) is 7.25. The Morgan fingerprint density at radius 2 is 2.00 bits per heavy atom. The van der Waals surface area contributed by atoms with Gasteiger partial charge in [0.1, 0.15) is 18.5 Å². The predicted octanol–water partition coefficient (Wildman–Crippen LogP) is 2.64. The zero-order valence-electron chi connectivity index (χ0n) is 12.9. The molecule has 0 radical (unpaired) electrons.